The predicted octanol–water partition coefficient (Wildman–Crippen LogP) is 4.08. The molecule has 0 saturated heterocycles. The van der Waals surface area contributed by atoms with Gasteiger partial charge in [0.2, 0.25) is 0 Å². The first-order valence-corrected chi connectivity index (χ1v) is 7.60. The van der Waals surface area contributed by atoms with Gasteiger partial charge in [-0.05, 0) is 48.9 Å². The van der Waals surface area contributed by atoms with Gasteiger partial charge in [0.05, 0.1) is 19.8 Å². The minimum Gasteiger partial charge on any atom is -0.497 e. The number of aliphatic hydroxyl groups is 1. The molecule has 1 aromatic heterocycles. The van der Waals surface area contributed by atoms with E-state index in [1.807, 2.05) is 48.5 Å². The second-order valence-corrected chi connectivity index (χ2v) is 5.40. The Morgan fingerprint density at radius 2 is 1.38 bits per heavy atom. The molecule has 124 valence electrons. The van der Waals surface area contributed by atoms with E-state index in [1.165, 1.54) is 0 Å². The maximum Gasteiger partial charge on any atom is 0.173 e. The number of nitrogens with zero attached hydrogens (tertiary/aromatic N) is 1. The van der Waals surface area contributed by atoms with Crippen molar-refractivity contribution < 1.29 is 19.1 Å². The van der Waals surface area contributed by atoms with Crippen LogP contribution >= 0.6 is 0 Å². The van der Waals surface area contributed by atoms with Crippen molar-refractivity contribution in [1.29, 1.82) is 0 Å². The summed E-state index contributed by atoms with van der Waals surface area (Å²) in [6, 6.07) is 15.1. The first-order chi connectivity index (χ1) is 11.6. The van der Waals surface area contributed by atoms with Crippen LogP contribution in [-0.2, 0) is 0 Å². The summed E-state index contributed by atoms with van der Waals surface area (Å²) in [5.74, 6) is 1.97. The van der Waals surface area contributed by atoms with Crippen molar-refractivity contribution in [2.24, 2.45) is 0 Å². The second kappa shape index (κ2) is 6.76. The smallest absolute Gasteiger partial charge is 0.173 e. The summed E-state index contributed by atoms with van der Waals surface area (Å²) in [5, 5.41) is 14.2. The SMILES string of the molecule is COc1ccc(-c2noc(C(C)O)c2-c2ccc(OC)cc2)cc1. The third-order valence-corrected chi connectivity index (χ3v) is 3.84. The van der Waals surface area contributed by atoms with Gasteiger partial charge < -0.3 is 19.1 Å². The molecule has 0 spiro atoms. The zero-order valence-corrected chi connectivity index (χ0v) is 13.8. The largest absolute Gasteiger partial charge is 0.497 e. The zero-order valence-electron chi connectivity index (χ0n) is 13.8. The number of rotatable bonds is 5. The van der Waals surface area contributed by atoms with Gasteiger partial charge >= 0.3 is 0 Å². The van der Waals surface area contributed by atoms with E-state index in [4.69, 9.17) is 14.0 Å². The van der Waals surface area contributed by atoms with Gasteiger partial charge in [-0.1, -0.05) is 17.3 Å². The van der Waals surface area contributed by atoms with Crippen LogP contribution in [0.1, 0.15) is 18.8 Å². The van der Waals surface area contributed by atoms with Crippen molar-refractivity contribution in [3.63, 3.8) is 0 Å². The summed E-state index contributed by atoms with van der Waals surface area (Å²) in [6.45, 7) is 1.66. The van der Waals surface area contributed by atoms with E-state index in [2.05, 4.69) is 5.16 Å². The highest BCUT2D eigenvalue weighted by atomic mass is 16.5. The van der Waals surface area contributed by atoms with Crippen LogP contribution in [0.2, 0.25) is 0 Å². The van der Waals surface area contributed by atoms with E-state index < -0.39 is 6.10 Å². The topological polar surface area (TPSA) is 64.7 Å². The summed E-state index contributed by atoms with van der Waals surface area (Å²) in [4.78, 5) is 0. The molecule has 0 bridgehead atoms. The monoisotopic (exact) mass is 325 g/mol. The molecule has 0 aliphatic carbocycles. The molecule has 24 heavy (non-hydrogen) atoms. The Kier molecular flexibility index (Phi) is 4.53. The van der Waals surface area contributed by atoms with Crippen LogP contribution in [-0.4, -0.2) is 24.5 Å². The number of hydrogen-bond donors (Lipinski definition) is 1. The summed E-state index contributed by atoms with van der Waals surface area (Å²) >= 11 is 0. The first kappa shape index (κ1) is 16.1. The van der Waals surface area contributed by atoms with Crippen LogP contribution in [0.3, 0.4) is 0 Å². The van der Waals surface area contributed by atoms with Crippen LogP contribution in [0.4, 0.5) is 0 Å². The molecular weight excluding hydrogens is 306 g/mol. The molecule has 1 unspecified atom stereocenters. The van der Waals surface area contributed by atoms with Gasteiger partial charge in [0.15, 0.2) is 5.76 Å². The average molecular weight is 325 g/mol. The Balaban J connectivity index is 2.12. The average Bonchev–Trinajstić information content (AvgIpc) is 3.07. The summed E-state index contributed by atoms with van der Waals surface area (Å²) < 4.78 is 15.8. The van der Waals surface area contributed by atoms with E-state index >= 15 is 0 Å². The number of aromatic nitrogens is 1. The molecule has 0 saturated carbocycles. The Bertz CT molecular complexity index is 804. The van der Waals surface area contributed by atoms with Gasteiger partial charge in [0.25, 0.3) is 0 Å². The molecule has 3 rings (SSSR count). The fourth-order valence-corrected chi connectivity index (χ4v) is 2.57. The van der Waals surface area contributed by atoms with Crippen LogP contribution in [0.5, 0.6) is 11.5 Å². The molecule has 0 fully saturated rings. The maximum atomic E-state index is 10.0. The Labute approximate surface area is 140 Å². The molecule has 1 N–H and O–H groups in total. The van der Waals surface area contributed by atoms with E-state index in [0.717, 1.165) is 28.2 Å². The van der Waals surface area contributed by atoms with Gasteiger partial charge in [-0.15, -0.1) is 0 Å². The maximum absolute atomic E-state index is 10.0. The van der Waals surface area contributed by atoms with Crippen molar-refractivity contribution in [2.75, 3.05) is 14.2 Å². The Morgan fingerprint density at radius 3 is 1.83 bits per heavy atom. The number of hydrogen-bond acceptors (Lipinski definition) is 5. The molecule has 1 atom stereocenters. The second-order valence-electron chi connectivity index (χ2n) is 5.40. The Hall–Kier alpha value is -2.79. The highest BCUT2D eigenvalue weighted by molar-refractivity contribution is 5.82. The quantitative estimate of drug-likeness (QED) is 0.766. The molecule has 5 nitrogen and oxygen atoms in total. The van der Waals surface area contributed by atoms with Gasteiger partial charge in [0, 0.05) is 5.56 Å². The highest BCUT2D eigenvalue weighted by Crippen LogP contribution is 2.38. The summed E-state index contributed by atoms with van der Waals surface area (Å²) in [5.41, 5.74) is 3.24. The molecule has 0 aliphatic rings. The van der Waals surface area contributed by atoms with Crippen molar-refractivity contribution in [3.05, 3.63) is 54.3 Å². The minimum atomic E-state index is -0.762. The van der Waals surface area contributed by atoms with E-state index in [-0.39, 0.29) is 0 Å². The molecule has 0 radical (unpaired) electrons. The molecular formula is C19H19NO4. The zero-order chi connectivity index (χ0) is 17.1. The van der Waals surface area contributed by atoms with Crippen LogP contribution in [0, 0.1) is 0 Å². The lowest BCUT2D eigenvalue weighted by atomic mass is 9.97. The van der Waals surface area contributed by atoms with Gasteiger partial charge in [0.1, 0.15) is 23.3 Å². The number of aliphatic hydroxyl groups excluding tert-OH is 1. The lowest BCUT2D eigenvalue weighted by molar-refractivity contribution is 0.158. The summed E-state index contributed by atoms with van der Waals surface area (Å²) in [6.07, 6.45) is -0.762. The number of benzene rings is 2. The standard InChI is InChI=1S/C19H19NO4/c1-12(21)19-17(13-4-8-15(22-2)9-5-13)18(20-24-19)14-6-10-16(23-3)11-7-14/h4-12,21H,1-3H3. The van der Waals surface area contributed by atoms with E-state index in [1.54, 1.807) is 21.1 Å². The molecule has 5 heteroatoms. The predicted molar refractivity (Wildman–Crippen MR) is 91.1 cm³/mol. The van der Waals surface area contributed by atoms with Gasteiger partial charge in [-0.2, -0.15) is 0 Å². The van der Waals surface area contributed by atoms with Gasteiger partial charge in [-0.3, -0.25) is 0 Å². The molecule has 3 aromatic rings. The molecule has 1 heterocycles. The highest BCUT2D eigenvalue weighted by Gasteiger charge is 2.22. The molecule has 2 aromatic carbocycles. The van der Waals surface area contributed by atoms with E-state index in [0.29, 0.717) is 11.5 Å². The van der Waals surface area contributed by atoms with Crippen molar-refractivity contribution in [2.45, 2.75) is 13.0 Å². The van der Waals surface area contributed by atoms with E-state index in [9.17, 15) is 5.11 Å². The Morgan fingerprint density at radius 1 is 0.875 bits per heavy atom. The van der Waals surface area contributed by atoms with Crippen molar-refractivity contribution in [1.82, 2.24) is 5.16 Å². The van der Waals surface area contributed by atoms with Crippen molar-refractivity contribution >= 4 is 0 Å². The summed E-state index contributed by atoms with van der Waals surface area (Å²) in [7, 11) is 3.25. The number of ether oxygens (including phenoxy) is 2. The van der Waals surface area contributed by atoms with Crippen LogP contribution < -0.4 is 9.47 Å². The third-order valence-electron chi connectivity index (χ3n) is 3.84. The van der Waals surface area contributed by atoms with Gasteiger partial charge in [-0.25, -0.2) is 0 Å². The number of methoxy groups -OCH3 is 2. The first-order valence-electron chi connectivity index (χ1n) is 7.60. The third kappa shape index (κ3) is 2.98. The lowest BCUT2D eigenvalue weighted by Gasteiger charge is -2.08. The minimum absolute atomic E-state index is 0.436. The fraction of sp³-hybridized carbons (Fsp3) is 0.211. The lowest BCUT2D eigenvalue weighted by Crippen LogP contribution is -1.93. The van der Waals surface area contributed by atoms with Crippen molar-refractivity contribution in [3.8, 4) is 33.9 Å². The van der Waals surface area contributed by atoms with Crippen LogP contribution in [0.15, 0.2) is 53.1 Å². The normalized spacial score (nSPS) is 12.0. The fourth-order valence-electron chi connectivity index (χ4n) is 2.57. The molecule has 0 aliphatic heterocycles. The molecule has 0 amide bonds. The van der Waals surface area contributed by atoms with Crippen LogP contribution in [0.25, 0.3) is 22.4 Å².